The summed E-state index contributed by atoms with van der Waals surface area (Å²) in [6.45, 7) is 5.54. The summed E-state index contributed by atoms with van der Waals surface area (Å²) >= 11 is 0. The van der Waals surface area contributed by atoms with E-state index in [1.807, 2.05) is 13.0 Å². The van der Waals surface area contributed by atoms with Crippen LogP contribution in [0.2, 0.25) is 0 Å². The summed E-state index contributed by atoms with van der Waals surface area (Å²) in [5, 5.41) is 0. The molecule has 1 heteroatoms. The van der Waals surface area contributed by atoms with Gasteiger partial charge in [0.15, 0.2) is 0 Å². The number of carbonyl (C=O) groups is 1. The standard InChI is InChI=1S/C8H14O/c1-3-4-5-6-8(2)7-9/h3,7-8H,1,4-6H2,2H3. The number of allylic oxidation sites excluding steroid dienone is 1. The molecule has 0 rings (SSSR count). The highest BCUT2D eigenvalue weighted by Crippen LogP contribution is 2.04. The Morgan fingerprint density at radius 3 is 2.78 bits per heavy atom. The number of rotatable bonds is 5. The van der Waals surface area contributed by atoms with Gasteiger partial charge in [-0.1, -0.05) is 13.0 Å². The van der Waals surface area contributed by atoms with E-state index in [-0.39, 0.29) is 5.92 Å². The van der Waals surface area contributed by atoms with E-state index < -0.39 is 0 Å². The van der Waals surface area contributed by atoms with Crippen LogP contribution in [0.1, 0.15) is 26.2 Å². The van der Waals surface area contributed by atoms with Crippen LogP contribution in [-0.2, 0) is 4.79 Å². The molecule has 0 saturated carbocycles. The Bertz CT molecular complexity index is 86.6. The molecule has 0 aliphatic carbocycles. The van der Waals surface area contributed by atoms with Gasteiger partial charge in [0.2, 0.25) is 0 Å². The van der Waals surface area contributed by atoms with Crippen molar-refractivity contribution in [2.45, 2.75) is 26.2 Å². The van der Waals surface area contributed by atoms with Gasteiger partial charge in [-0.2, -0.15) is 0 Å². The summed E-state index contributed by atoms with van der Waals surface area (Å²) in [4.78, 5) is 10.1. The van der Waals surface area contributed by atoms with Gasteiger partial charge in [-0.15, -0.1) is 6.58 Å². The Kier molecular flexibility index (Phi) is 5.18. The van der Waals surface area contributed by atoms with Gasteiger partial charge < -0.3 is 4.79 Å². The predicted octanol–water partition coefficient (Wildman–Crippen LogP) is 2.18. The summed E-state index contributed by atoms with van der Waals surface area (Å²) in [5.41, 5.74) is 0. The van der Waals surface area contributed by atoms with E-state index in [0.29, 0.717) is 0 Å². The van der Waals surface area contributed by atoms with Crippen LogP contribution in [0.4, 0.5) is 0 Å². The Balaban J connectivity index is 3.05. The third kappa shape index (κ3) is 5.28. The minimum absolute atomic E-state index is 0.227. The topological polar surface area (TPSA) is 17.1 Å². The van der Waals surface area contributed by atoms with E-state index in [4.69, 9.17) is 0 Å². The molecule has 0 bridgehead atoms. The maximum Gasteiger partial charge on any atom is 0.122 e. The van der Waals surface area contributed by atoms with Crippen molar-refractivity contribution < 1.29 is 4.79 Å². The lowest BCUT2D eigenvalue weighted by Crippen LogP contribution is -1.93. The van der Waals surface area contributed by atoms with Crippen LogP contribution >= 0.6 is 0 Å². The smallest absolute Gasteiger partial charge is 0.122 e. The fraction of sp³-hybridized carbons (Fsp3) is 0.625. The summed E-state index contributed by atoms with van der Waals surface area (Å²) < 4.78 is 0. The van der Waals surface area contributed by atoms with Crippen LogP contribution in [0, 0.1) is 5.92 Å². The van der Waals surface area contributed by atoms with E-state index in [0.717, 1.165) is 25.5 Å². The second-order valence-corrected chi connectivity index (χ2v) is 2.33. The van der Waals surface area contributed by atoms with Crippen molar-refractivity contribution in [2.75, 3.05) is 0 Å². The SMILES string of the molecule is C=CCCCC(C)C=O. The van der Waals surface area contributed by atoms with Crippen LogP contribution < -0.4 is 0 Å². The zero-order chi connectivity index (χ0) is 7.11. The monoisotopic (exact) mass is 126 g/mol. The van der Waals surface area contributed by atoms with Crippen molar-refractivity contribution in [2.24, 2.45) is 5.92 Å². The first-order chi connectivity index (χ1) is 4.31. The van der Waals surface area contributed by atoms with Crippen LogP contribution in [0.15, 0.2) is 12.7 Å². The predicted molar refractivity (Wildman–Crippen MR) is 39.3 cm³/mol. The van der Waals surface area contributed by atoms with Crippen molar-refractivity contribution in [3.05, 3.63) is 12.7 Å². The molecule has 0 aliphatic rings. The van der Waals surface area contributed by atoms with E-state index in [1.54, 1.807) is 0 Å². The highest BCUT2D eigenvalue weighted by molar-refractivity contribution is 5.52. The second kappa shape index (κ2) is 5.54. The molecule has 1 nitrogen and oxygen atoms in total. The van der Waals surface area contributed by atoms with Gasteiger partial charge in [-0.05, 0) is 19.3 Å². The van der Waals surface area contributed by atoms with E-state index >= 15 is 0 Å². The molecule has 0 heterocycles. The minimum atomic E-state index is 0.227. The van der Waals surface area contributed by atoms with Gasteiger partial charge >= 0.3 is 0 Å². The Labute approximate surface area is 56.8 Å². The molecule has 1 atom stereocenters. The minimum Gasteiger partial charge on any atom is -0.303 e. The third-order valence-corrected chi connectivity index (χ3v) is 1.30. The molecule has 0 saturated heterocycles. The zero-order valence-corrected chi connectivity index (χ0v) is 5.97. The van der Waals surface area contributed by atoms with E-state index in [9.17, 15) is 4.79 Å². The number of hydrogen-bond donors (Lipinski definition) is 0. The number of hydrogen-bond acceptors (Lipinski definition) is 1. The molecule has 0 N–H and O–H groups in total. The molecule has 52 valence electrons. The van der Waals surface area contributed by atoms with Crippen LogP contribution in [0.3, 0.4) is 0 Å². The molecule has 0 fully saturated rings. The average molecular weight is 126 g/mol. The summed E-state index contributed by atoms with van der Waals surface area (Å²) in [5.74, 6) is 0.227. The molecular weight excluding hydrogens is 112 g/mol. The van der Waals surface area contributed by atoms with Gasteiger partial charge in [0, 0.05) is 5.92 Å². The first kappa shape index (κ1) is 8.41. The Morgan fingerprint density at radius 1 is 1.67 bits per heavy atom. The average Bonchev–Trinajstić information content (AvgIpc) is 1.89. The first-order valence-corrected chi connectivity index (χ1v) is 3.37. The first-order valence-electron chi connectivity index (χ1n) is 3.37. The Morgan fingerprint density at radius 2 is 2.33 bits per heavy atom. The maximum absolute atomic E-state index is 10.1. The summed E-state index contributed by atoms with van der Waals surface area (Å²) in [6, 6.07) is 0. The quantitative estimate of drug-likeness (QED) is 0.313. The van der Waals surface area contributed by atoms with Crippen LogP contribution in [-0.4, -0.2) is 6.29 Å². The molecule has 0 aromatic heterocycles. The molecule has 0 aromatic carbocycles. The molecule has 0 aliphatic heterocycles. The van der Waals surface area contributed by atoms with Crippen molar-refractivity contribution in [1.82, 2.24) is 0 Å². The van der Waals surface area contributed by atoms with Crippen molar-refractivity contribution in [3.63, 3.8) is 0 Å². The van der Waals surface area contributed by atoms with Crippen molar-refractivity contribution >= 4 is 6.29 Å². The normalized spacial score (nSPS) is 12.6. The molecule has 1 unspecified atom stereocenters. The molecule has 0 spiro atoms. The van der Waals surface area contributed by atoms with E-state index in [2.05, 4.69) is 6.58 Å². The fourth-order valence-corrected chi connectivity index (χ4v) is 0.652. The fourth-order valence-electron chi connectivity index (χ4n) is 0.652. The molecular formula is C8H14O. The summed E-state index contributed by atoms with van der Waals surface area (Å²) in [6.07, 6.45) is 6.00. The lowest BCUT2D eigenvalue weighted by molar-refractivity contribution is -0.110. The van der Waals surface area contributed by atoms with Crippen molar-refractivity contribution in [3.8, 4) is 0 Å². The number of aldehydes is 1. The van der Waals surface area contributed by atoms with Gasteiger partial charge in [-0.25, -0.2) is 0 Å². The molecule has 9 heavy (non-hydrogen) atoms. The molecule has 0 aromatic rings. The van der Waals surface area contributed by atoms with E-state index in [1.165, 1.54) is 0 Å². The van der Waals surface area contributed by atoms with Crippen molar-refractivity contribution in [1.29, 1.82) is 0 Å². The highest BCUT2D eigenvalue weighted by Gasteiger charge is 1.95. The number of carbonyl (C=O) groups excluding carboxylic acids is 1. The lowest BCUT2D eigenvalue weighted by Gasteiger charge is -1.98. The largest absolute Gasteiger partial charge is 0.303 e. The second-order valence-electron chi connectivity index (χ2n) is 2.33. The van der Waals surface area contributed by atoms with Crippen LogP contribution in [0.25, 0.3) is 0 Å². The number of unbranched alkanes of at least 4 members (excludes halogenated alkanes) is 1. The summed E-state index contributed by atoms with van der Waals surface area (Å²) in [7, 11) is 0. The Hall–Kier alpha value is -0.590. The lowest BCUT2D eigenvalue weighted by atomic mass is 10.1. The molecule has 0 amide bonds. The van der Waals surface area contributed by atoms with Gasteiger partial charge in [0.05, 0.1) is 0 Å². The van der Waals surface area contributed by atoms with Crippen LogP contribution in [0.5, 0.6) is 0 Å². The molecule has 0 radical (unpaired) electrons. The van der Waals surface area contributed by atoms with Gasteiger partial charge in [-0.3, -0.25) is 0 Å². The van der Waals surface area contributed by atoms with Gasteiger partial charge in [0.25, 0.3) is 0 Å². The van der Waals surface area contributed by atoms with Gasteiger partial charge in [0.1, 0.15) is 6.29 Å². The highest BCUT2D eigenvalue weighted by atomic mass is 16.1. The zero-order valence-electron chi connectivity index (χ0n) is 5.97. The maximum atomic E-state index is 10.1. The third-order valence-electron chi connectivity index (χ3n) is 1.30.